The highest BCUT2D eigenvalue weighted by Crippen LogP contribution is 2.18. The van der Waals surface area contributed by atoms with E-state index in [4.69, 9.17) is 17.0 Å². The van der Waals surface area contributed by atoms with Gasteiger partial charge in [-0.2, -0.15) is 11.8 Å². The molecule has 0 saturated heterocycles. The summed E-state index contributed by atoms with van der Waals surface area (Å²) in [6, 6.07) is 0. The summed E-state index contributed by atoms with van der Waals surface area (Å²) in [7, 11) is 1.66. The second-order valence-corrected chi connectivity index (χ2v) is 5.55. The maximum absolute atomic E-state index is 5.18. The molecule has 0 radical (unpaired) electrons. The molecule has 90 valence electrons. The number of nitrogens with one attached hydrogen (secondary N) is 1. The lowest BCUT2D eigenvalue weighted by Crippen LogP contribution is -2.02. The van der Waals surface area contributed by atoms with E-state index in [9.17, 15) is 0 Å². The van der Waals surface area contributed by atoms with Crippen LogP contribution in [0, 0.1) is 4.64 Å². The number of methoxy groups -OCH3 is 1. The van der Waals surface area contributed by atoms with Crippen molar-refractivity contribution in [3.63, 3.8) is 0 Å². The Morgan fingerprint density at radius 2 is 2.31 bits per heavy atom. The molecule has 1 aromatic heterocycles. The minimum atomic E-state index is 0.512. The van der Waals surface area contributed by atoms with Crippen LogP contribution < -0.4 is 0 Å². The van der Waals surface area contributed by atoms with E-state index in [1.54, 1.807) is 7.11 Å². The largest absolute Gasteiger partial charge is 0.378 e. The monoisotopic (exact) mass is 322 g/mol. The van der Waals surface area contributed by atoms with Gasteiger partial charge in [-0.25, -0.2) is 4.98 Å². The van der Waals surface area contributed by atoms with E-state index in [0.717, 1.165) is 27.5 Å². The first kappa shape index (κ1) is 14.2. The van der Waals surface area contributed by atoms with Crippen molar-refractivity contribution in [1.29, 1.82) is 0 Å². The van der Waals surface area contributed by atoms with Gasteiger partial charge >= 0.3 is 0 Å². The summed E-state index contributed by atoms with van der Waals surface area (Å²) in [5, 5.41) is 0. The quantitative estimate of drug-likeness (QED) is 0.640. The van der Waals surface area contributed by atoms with Crippen molar-refractivity contribution in [2.75, 3.05) is 12.9 Å². The molecule has 0 atom stereocenters. The summed E-state index contributed by atoms with van der Waals surface area (Å²) in [5.41, 5.74) is 0.953. The summed E-state index contributed by atoms with van der Waals surface area (Å²) in [6.45, 7) is 2.68. The number of hydrogen-bond donors (Lipinski definition) is 1. The molecule has 0 aromatic carbocycles. The maximum atomic E-state index is 5.18. The Balaban J connectivity index is 2.82. The van der Waals surface area contributed by atoms with Crippen LogP contribution in [-0.4, -0.2) is 22.8 Å². The Hall–Kier alpha value is 0.0900. The average Bonchev–Trinajstić information content (AvgIpc) is 2.26. The van der Waals surface area contributed by atoms with Crippen molar-refractivity contribution in [3.05, 3.63) is 20.6 Å². The molecule has 16 heavy (non-hydrogen) atoms. The summed E-state index contributed by atoms with van der Waals surface area (Å²) in [4.78, 5) is 7.57. The fourth-order valence-electron chi connectivity index (χ4n) is 1.18. The molecule has 0 aliphatic carbocycles. The Morgan fingerprint density at radius 1 is 1.56 bits per heavy atom. The number of H-pyrrole nitrogens is 1. The van der Waals surface area contributed by atoms with Gasteiger partial charge in [0.15, 0.2) is 0 Å². The zero-order chi connectivity index (χ0) is 12.0. The fraction of sp³-hybridized carbons (Fsp3) is 0.600. The van der Waals surface area contributed by atoms with Crippen molar-refractivity contribution >= 4 is 39.9 Å². The van der Waals surface area contributed by atoms with Crippen molar-refractivity contribution < 1.29 is 4.74 Å². The Morgan fingerprint density at radius 3 is 2.94 bits per heavy atom. The second-order valence-electron chi connectivity index (χ2n) is 3.27. The van der Waals surface area contributed by atoms with Crippen LogP contribution in [0.2, 0.25) is 0 Å². The molecule has 0 aliphatic rings. The lowest BCUT2D eigenvalue weighted by Gasteiger charge is -2.07. The van der Waals surface area contributed by atoms with E-state index >= 15 is 0 Å². The first-order valence-electron chi connectivity index (χ1n) is 5.03. The average molecular weight is 323 g/mol. The Labute approximate surface area is 114 Å². The smallest absolute Gasteiger partial charge is 0.144 e. The van der Waals surface area contributed by atoms with E-state index < -0.39 is 0 Å². The topological polar surface area (TPSA) is 37.9 Å². The van der Waals surface area contributed by atoms with Crippen LogP contribution in [0.1, 0.15) is 24.9 Å². The van der Waals surface area contributed by atoms with E-state index in [1.807, 2.05) is 11.8 Å². The molecule has 1 N–H and O–H groups in total. The van der Waals surface area contributed by atoms with Crippen molar-refractivity contribution in [1.82, 2.24) is 9.97 Å². The van der Waals surface area contributed by atoms with Gasteiger partial charge < -0.3 is 9.72 Å². The number of rotatable bonds is 6. The van der Waals surface area contributed by atoms with E-state index in [-0.39, 0.29) is 0 Å². The summed E-state index contributed by atoms with van der Waals surface area (Å²) < 4.78 is 6.52. The van der Waals surface area contributed by atoms with Crippen molar-refractivity contribution in [2.24, 2.45) is 0 Å². The lowest BCUT2D eigenvalue weighted by atomic mass is 10.4. The van der Waals surface area contributed by atoms with Gasteiger partial charge in [-0.05, 0) is 28.1 Å². The molecular weight excluding hydrogens is 308 g/mol. The van der Waals surface area contributed by atoms with Crippen LogP contribution in [0.3, 0.4) is 0 Å². The molecular formula is C10H15BrN2OS2. The van der Waals surface area contributed by atoms with Gasteiger partial charge in [0.25, 0.3) is 0 Å². The first-order chi connectivity index (χ1) is 7.69. The Bertz CT molecular complexity index is 395. The SMILES string of the molecule is CCCSCc1nc(=S)c(Br)c(COC)[nH]1. The molecule has 1 heterocycles. The predicted molar refractivity (Wildman–Crippen MR) is 74.3 cm³/mol. The third kappa shape index (κ3) is 4.16. The van der Waals surface area contributed by atoms with Crippen molar-refractivity contribution in [2.45, 2.75) is 25.7 Å². The van der Waals surface area contributed by atoms with Gasteiger partial charge in [0.05, 0.1) is 22.5 Å². The van der Waals surface area contributed by atoms with Crippen LogP contribution in [0.25, 0.3) is 0 Å². The van der Waals surface area contributed by atoms with Crippen molar-refractivity contribution in [3.8, 4) is 0 Å². The van der Waals surface area contributed by atoms with E-state index in [2.05, 4.69) is 32.8 Å². The zero-order valence-electron chi connectivity index (χ0n) is 9.38. The van der Waals surface area contributed by atoms with E-state index in [0.29, 0.717) is 11.2 Å². The van der Waals surface area contributed by atoms with Crippen LogP contribution in [0.15, 0.2) is 4.47 Å². The van der Waals surface area contributed by atoms with Crippen LogP contribution >= 0.6 is 39.9 Å². The zero-order valence-corrected chi connectivity index (χ0v) is 12.6. The van der Waals surface area contributed by atoms with Crippen LogP contribution in [-0.2, 0) is 17.1 Å². The summed E-state index contributed by atoms with van der Waals surface area (Å²) in [5.74, 6) is 2.91. The van der Waals surface area contributed by atoms with Gasteiger partial charge in [0.2, 0.25) is 0 Å². The van der Waals surface area contributed by atoms with E-state index in [1.165, 1.54) is 6.42 Å². The molecule has 1 rings (SSSR count). The highest BCUT2D eigenvalue weighted by molar-refractivity contribution is 9.10. The fourth-order valence-corrected chi connectivity index (χ4v) is 2.48. The second kappa shape index (κ2) is 7.42. The maximum Gasteiger partial charge on any atom is 0.144 e. The highest BCUT2D eigenvalue weighted by atomic mass is 79.9. The van der Waals surface area contributed by atoms with Gasteiger partial charge in [0, 0.05) is 7.11 Å². The molecule has 6 heteroatoms. The number of thioether (sulfide) groups is 1. The molecule has 0 aliphatic heterocycles. The normalized spacial score (nSPS) is 10.7. The van der Waals surface area contributed by atoms with Gasteiger partial charge in [-0.1, -0.05) is 19.1 Å². The van der Waals surface area contributed by atoms with Crippen LogP contribution in [0.4, 0.5) is 0 Å². The Kier molecular flexibility index (Phi) is 6.57. The number of aromatic amines is 1. The third-order valence-corrected chi connectivity index (χ3v) is 4.45. The molecule has 0 bridgehead atoms. The number of aromatic nitrogens is 2. The minimum absolute atomic E-state index is 0.512. The standard InChI is InChI=1S/C10H15BrN2OS2/c1-3-4-16-6-8-12-7(5-14-2)9(11)10(15)13-8/h3-6H2,1-2H3,(H,12,13,15). The van der Waals surface area contributed by atoms with Gasteiger partial charge in [-0.3, -0.25) is 0 Å². The number of nitrogens with zero attached hydrogens (tertiary/aromatic N) is 1. The molecule has 0 spiro atoms. The molecule has 1 aromatic rings. The summed E-state index contributed by atoms with van der Waals surface area (Å²) >= 11 is 10.4. The lowest BCUT2D eigenvalue weighted by molar-refractivity contribution is 0.180. The van der Waals surface area contributed by atoms with Gasteiger partial charge in [-0.15, -0.1) is 0 Å². The number of ether oxygens (including phenoxy) is 1. The number of hydrogen-bond acceptors (Lipinski definition) is 4. The molecule has 0 amide bonds. The van der Waals surface area contributed by atoms with Gasteiger partial charge in [0.1, 0.15) is 10.5 Å². The molecule has 0 unspecified atom stereocenters. The van der Waals surface area contributed by atoms with Crippen LogP contribution in [0.5, 0.6) is 0 Å². The third-order valence-electron chi connectivity index (χ3n) is 1.86. The first-order valence-corrected chi connectivity index (χ1v) is 7.38. The minimum Gasteiger partial charge on any atom is -0.378 e. The number of halogens is 1. The summed E-state index contributed by atoms with van der Waals surface area (Å²) in [6.07, 6.45) is 1.17. The molecule has 3 nitrogen and oxygen atoms in total. The molecule has 0 fully saturated rings. The predicted octanol–water partition coefficient (Wildman–Crippen LogP) is 3.69. The highest BCUT2D eigenvalue weighted by Gasteiger charge is 2.06. The molecule has 0 saturated carbocycles.